The summed E-state index contributed by atoms with van der Waals surface area (Å²) in [6.07, 6.45) is 0. The molecule has 0 heterocycles. The molecule has 0 unspecified atom stereocenters. The maximum absolute atomic E-state index is 2.48. The van der Waals surface area contributed by atoms with Crippen molar-refractivity contribution >= 4 is 17.1 Å². The Kier molecular flexibility index (Phi) is 8.26. The van der Waals surface area contributed by atoms with Gasteiger partial charge in [-0.2, -0.15) is 0 Å². The third kappa shape index (κ3) is 5.85. The molecule has 0 saturated heterocycles. The van der Waals surface area contributed by atoms with Crippen LogP contribution in [0.5, 0.6) is 0 Å². The molecule has 1 nitrogen and oxygen atoms in total. The predicted octanol–water partition coefficient (Wildman–Crippen LogP) is 14.4. The molecule has 52 heavy (non-hydrogen) atoms. The first-order chi connectivity index (χ1) is 25.0. The fourth-order valence-electron chi connectivity index (χ4n) is 8.27. The Morgan fingerprint density at radius 3 is 1.54 bits per heavy atom. The van der Waals surface area contributed by atoms with E-state index in [1.165, 1.54) is 83.7 Å². The molecule has 0 spiro atoms. The molecule has 0 amide bonds. The first kappa shape index (κ1) is 33.5. The summed E-state index contributed by atoms with van der Waals surface area (Å²) in [6.45, 7) is 16.1. The Bertz CT molecular complexity index is 2380. The average molecular weight is 674 g/mol. The molecule has 0 N–H and O–H groups in total. The van der Waals surface area contributed by atoms with E-state index in [2.05, 4.69) is 211 Å². The van der Waals surface area contributed by atoms with E-state index < -0.39 is 0 Å². The zero-order chi connectivity index (χ0) is 36.2. The zero-order valence-corrected chi connectivity index (χ0v) is 31.5. The minimum absolute atomic E-state index is 0.0915. The van der Waals surface area contributed by atoms with E-state index in [9.17, 15) is 0 Å². The lowest BCUT2D eigenvalue weighted by molar-refractivity contribution is 0.590. The van der Waals surface area contributed by atoms with Crippen molar-refractivity contribution in [3.63, 3.8) is 0 Å². The van der Waals surface area contributed by atoms with E-state index >= 15 is 0 Å². The summed E-state index contributed by atoms with van der Waals surface area (Å²) in [5.41, 5.74) is 20.3. The van der Waals surface area contributed by atoms with E-state index in [0.29, 0.717) is 0 Å². The van der Waals surface area contributed by atoms with Gasteiger partial charge in [0.05, 0.1) is 5.69 Å². The number of benzene rings is 7. The standard InChI is InChI=1S/C51H47N/c1-34-31-39(36-21-25-40(26-22-36)50(3,4)5)32-35(2)49(34)52(42-29-30-46-45-19-13-14-20-47(45)51(6,7)48(46)33-42)41-27-23-38(24-28-41)44-18-12-11-17-43(44)37-15-9-8-10-16-37/h8-33H,1-7H3. The van der Waals surface area contributed by atoms with Gasteiger partial charge in [-0.15, -0.1) is 0 Å². The number of nitrogens with zero attached hydrogens (tertiary/aromatic N) is 1. The van der Waals surface area contributed by atoms with Crippen LogP contribution in [0.4, 0.5) is 17.1 Å². The summed E-state index contributed by atoms with van der Waals surface area (Å²) in [5.74, 6) is 0. The summed E-state index contributed by atoms with van der Waals surface area (Å²) in [6, 6.07) is 58.4. The van der Waals surface area contributed by atoms with Crippen LogP contribution in [0.1, 0.15) is 62.4 Å². The van der Waals surface area contributed by atoms with Crippen molar-refractivity contribution in [3.05, 3.63) is 186 Å². The van der Waals surface area contributed by atoms with Crippen molar-refractivity contribution in [1.29, 1.82) is 0 Å². The normalized spacial score (nSPS) is 13.1. The highest BCUT2D eigenvalue weighted by Crippen LogP contribution is 2.51. The van der Waals surface area contributed by atoms with E-state index in [1.807, 2.05) is 0 Å². The van der Waals surface area contributed by atoms with Crippen molar-refractivity contribution in [1.82, 2.24) is 0 Å². The average Bonchev–Trinajstić information content (AvgIpc) is 3.38. The highest BCUT2D eigenvalue weighted by molar-refractivity contribution is 5.89. The largest absolute Gasteiger partial charge is 0.310 e. The number of aryl methyl sites for hydroxylation is 2. The summed E-state index contributed by atoms with van der Waals surface area (Å²) < 4.78 is 0. The van der Waals surface area contributed by atoms with Crippen LogP contribution in [0.3, 0.4) is 0 Å². The first-order valence-corrected chi connectivity index (χ1v) is 18.5. The summed E-state index contributed by atoms with van der Waals surface area (Å²) in [4.78, 5) is 2.48. The fourth-order valence-corrected chi connectivity index (χ4v) is 8.27. The minimum atomic E-state index is -0.0915. The van der Waals surface area contributed by atoms with Crippen LogP contribution in [0.15, 0.2) is 158 Å². The van der Waals surface area contributed by atoms with Crippen LogP contribution in [0.25, 0.3) is 44.5 Å². The van der Waals surface area contributed by atoms with Crippen LogP contribution in [0.2, 0.25) is 0 Å². The zero-order valence-electron chi connectivity index (χ0n) is 31.5. The van der Waals surface area contributed by atoms with Crippen LogP contribution in [-0.4, -0.2) is 0 Å². The first-order valence-electron chi connectivity index (χ1n) is 18.5. The van der Waals surface area contributed by atoms with Crippen LogP contribution in [0, 0.1) is 13.8 Å². The molecular weight excluding hydrogens is 627 g/mol. The lowest BCUT2D eigenvalue weighted by Gasteiger charge is -2.31. The Morgan fingerprint density at radius 2 is 0.923 bits per heavy atom. The van der Waals surface area contributed by atoms with Crippen molar-refractivity contribution in [2.24, 2.45) is 0 Å². The Morgan fingerprint density at radius 1 is 0.423 bits per heavy atom. The van der Waals surface area contributed by atoms with Crippen molar-refractivity contribution in [2.45, 2.75) is 59.3 Å². The molecule has 1 aliphatic carbocycles. The monoisotopic (exact) mass is 673 g/mol. The number of rotatable bonds is 6. The van der Waals surface area contributed by atoms with Crippen LogP contribution in [-0.2, 0) is 10.8 Å². The maximum atomic E-state index is 2.48. The third-order valence-electron chi connectivity index (χ3n) is 11.1. The smallest absolute Gasteiger partial charge is 0.0520 e. The van der Waals surface area contributed by atoms with Gasteiger partial charge in [-0.1, -0.05) is 156 Å². The van der Waals surface area contributed by atoms with Crippen LogP contribution < -0.4 is 4.90 Å². The fraction of sp³-hybridized carbons (Fsp3) is 0.176. The van der Waals surface area contributed by atoms with Gasteiger partial charge in [-0.25, -0.2) is 0 Å². The molecule has 1 heteroatoms. The highest BCUT2D eigenvalue weighted by Gasteiger charge is 2.36. The molecule has 0 radical (unpaired) electrons. The van der Waals surface area contributed by atoms with E-state index in [-0.39, 0.29) is 10.8 Å². The van der Waals surface area contributed by atoms with Gasteiger partial charge in [0.25, 0.3) is 0 Å². The second-order valence-corrected chi connectivity index (χ2v) is 16.0. The van der Waals surface area contributed by atoms with Crippen molar-refractivity contribution in [2.75, 3.05) is 4.90 Å². The quantitative estimate of drug-likeness (QED) is 0.170. The molecule has 0 aliphatic heterocycles. The molecule has 0 fully saturated rings. The van der Waals surface area contributed by atoms with Crippen molar-refractivity contribution < 1.29 is 0 Å². The van der Waals surface area contributed by atoms with E-state index in [0.717, 1.165) is 5.69 Å². The number of fused-ring (bicyclic) bond motifs is 3. The van der Waals surface area contributed by atoms with Gasteiger partial charge >= 0.3 is 0 Å². The van der Waals surface area contributed by atoms with Crippen LogP contribution >= 0.6 is 0 Å². The molecule has 0 bridgehead atoms. The van der Waals surface area contributed by atoms with Gasteiger partial charge in [-0.05, 0) is 128 Å². The number of hydrogen-bond donors (Lipinski definition) is 0. The molecule has 256 valence electrons. The van der Waals surface area contributed by atoms with Gasteiger partial charge in [0, 0.05) is 16.8 Å². The van der Waals surface area contributed by atoms with E-state index in [1.54, 1.807) is 0 Å². The molecule has 7 aromatic rings. The Hall–Kier alpha value is -5.66. The Balaban J connectivity index is 1.26. The molecule has 0 saturated carbocycles. The van der Waals surface area contributed by atoms with Gasteiger partial charge in [0.15, 0.2) is 0 Å². The molecule has 7 aromatic carbocycles. The lowest BCUT2D eigenvalue weighted by atomic mass is 9.82. The Labute approximate surface area is 310 Å². The maximum Gasteiger partial charge on any atom is 0.0520 e. The third-order valence-corrected chi connectivity index (χ3v) is 11.1. The molecule has 0 atom stereocenters. The topological polar surface area (TPSA) is 3.24 Å². The predicted molar refractivity (Wildman–Crippen MR) is 223 cm³/mol. The van der Waals surface area contributed by atoms with Gasteiger partial charge in [-0.3, -0.25) is 0 Å². The second kappa shape index (κ2) is 12.8. The minimum Gasteiger partial charge on any atom is -0.310 e. The molecule has 1 aliphatic rings. The molecule has 8 rings (SSSR count). The summed E-state index contributed by atoms with van der Waals surface area (Å²) in [7, 11) is 0. The highest BCUT2D eigenvalue weighted by atomic mass is 15.1. The lowest BCUT2D eigenvalue weighted by Crippen LogP contribution is -2.17. The summed E-state index contributed by atoms with van der Waals surface area (Å²) in [5, 5.41) is 0. The van der Waals surface area contributed by atoms with Gasteiger partial charge in [0.1, 0.15) is 0 Å². The molecular formula is C51H47N. The molecule has 0 aromatic heterocycles. The second-order valence-electron chi connectivity index (χ2n) is 16.0. The van der Waals surface area contributed by atoms with E-state index in [4.69, 9.17) is 0 Å². The van der Waals surface area contributed by atoms with Gasteiger partial charge in [0.2, 0.25) is 0 Å². The van der Waals surface area contributed by atoms with Crippen molar-refractivity contribution in [3.8, 4) is 44.5 Å². The number of anilines is 3. The SMILES string of the molecule is Cc1cc(-c2ccc(C(C)(C)C)cc2)cc(C)c1N(c1ccc(-c2ccccc2-c2ccccc2)cc1)c1ccc2c(c1)C(C)(C)c1ccccc1-2. The number of hydrogen-bond acceptors (Lipinski definition) is 1. The summed E-state index contributed by atoms with van der Waals surface area (Å²) >= 11 is 0. The van der Waals surface area contributed by atoms with Gasteiger partial charge < -0.3 is 4.90 Å².